The zero-order valence-corrected chi connectivity index (χ0v) is 19.0. The van der Waals surface area contributed by atoms with Gasteiger partial charge in [-0.15, -0.1) is 0 Å². The van der Waals surface area contributed by atoms with E-state index in [1.807, 2.05) is 6.07 Å². The maximum atomic E-state index is 13.9. The number of halogens is 1. The van der Waals surface area contributed by atoms with Gasteiger partial charge < -0.3 is 5.11 Å². The van der Waals surface area contributed by atoms with Crippen molar-refractivity contribution in [3.8, 4) is 0 Å². The van der Waals surface area contributed by atoms with Gasteiger partial charge in [0, 0.05) is 18.2 Å². The summed E-state index contributed by atoms with van der Waals surface area (Å²) in [4.78, 5) is 16.7. The molecule has 3 aliphatic rings. The molecule has 168 valence electrons. The van der Waals surface area contributed by atoms with Crippen LogP contribution in [0.2, 0.25) is 0 Å². The second-order valence-corrected chi connectivity index (χ2v) is 10.3. The number of aromatic nitrogens is 1. The highest BCUT2D eigenvalue weighted by atomic mass is 19.1. The van der Waals surface area contributed by atoms with Crippen molar-refractivity contribution in [3.63, 3.8) is 0 Å². The van der Waals surface area contributed by atoms with Crippen LogP contribution in [0, 0.1) is 23.1 Å². The third kappa shape index (κ3) is 3.63. The summed E-state index contributed by atoms with van der Waals surface area (Å²) in [6, 6.07) is 7.94. The standard InChI is InChI=1S/C28H32FNO2/c1-17(31)3-10-27(32)19-5-6-22-18(13-19)4-7-24-23(22)11-12-28(2)25(8-9-26(24)28)20-14-21(29)16-30-15-20/h5-6,8,13-17,23-24,26,31H,3-4,7,9-12H2,1-2H3/t17-,23+,24+,26-,28+/m0/s1. The van der Waals surface area contributed by atoms with Gasteiger partial charge in [-0.3, -0.25) is 9.78 Å². The summed E-state index contributed by atoms with van der Waals surface area (Å²) in [7, 11) is 0. The molecule has 4 heteroatoms. The number of allylic oxidation sites excluding steroid dienone is 2. The SMILES string of the molecule is C[C@H](O)CCC(=O)c1ccc2c(c1)CC[C@@H]1[C@@H]2CC[C@]2(C)C(c3cncc(F)c3)=CC[C@@H]12. The lowest BCUT2D eigenvalue weighted by Gasteiger charge is -2.50. The quantitative estimate of drug-likeness (QED) is 0.579. The minimum atomic E-state index is -0.443. The van der Waals surface area contributed by atoms with Gasteiger partial charge in [0.15, 0.2) is 5.78 Å². The van der Waals surface area contributed by atoms with E-state index in [1.165, 1.54) is 22.9 Å². The predicted molar refractivity (Wildman–Crippen MR) is 124 cm³/mol. The van der Waals surface area contributed by atoms with E-state index >= 15 is 0 Å². The first kappa shape index (κ1) is 21.5. The number of carbonyl (C=O) groups excluding carboxylic acids is 1. The topological polar surface area (TPSA) is 50.2 Å². The number of pyridine rings is 1. The fourth-order valence-corrected chi connectivity index (χ4v) is 6.81. The number of aliphatic hydroxyl groups is 1. The van der Waals surface area contributed by atoms with Crippen LogP contribution in [0.15, 0.2) is 42.7 Å². The molecule has 5 rings (SSSR count). The minimum Gasteiger partial charge on any atom is -0.393 e. The molecule has 1 heterocycles. The van der Waals surface area contributed by atoms with E-state index in [0.717, 1.165) is 43.2 Å². The molecule has 5 atom stereocenters. The maximum absolute atomic E-state index is 13.9. The van der Waals surface area contributed by atoms with Crippen LogP contribution in [-0.2, 0) is 6.42 Å². The normalized spacial score (nSPS) is 29.5. The van der Waals surface area contributed by atoms with Gasteiger partial charge in [0.2, 0.25) is 0 Å². The van der Waals surface area contributed by atoms with Crippen LogP contribution in [0.25, 0.3) is 5.57 Å². The summed E-state index contributed by atoms with van der Waals surface area (Å²) in [6.45, 7) is 4.10. The molecular weight excluding hydrogens is 401 g/mol. The molecule has 1 aromatic heterocycles. The third-order valence-corrected chi connectivity index (χ3v) is 8.43. The maximum Gasteiger partial charge on any atom is 0.162 e. The Balaban J connectivity index is 1.37. The number of aryl methyl sites for hydroxylation is 1. The Morgan fingerprint density at radius 1 is 1.28 bits per heavy atom. The lowest BCUT2D eigenvalue weighted by Crippen LogP contribution is -2.41. The van der Waals surface area contributed by atoms with Crippen molar-refractivity contribution < 1.29 is 14.3 Å². The van der Waals surface area contributed by atoms with Gasteiger partial charge in [0.05, 0.1) is 12.3 Å². The summed E-state index contributed by atoms with van der Waals surface area (Å²) >= 11 is 0. The average Bonchev–Trinajstić information content (AvgIpc) is 3.14. The molecule has 0 amide bonds. The molecule has 1 aromatic carbocycles. The fraction of sp³-hybridized carbons (Fsp3) is 0.500. The van der Waals surface area contributed by atoms with E-state index in [9.17, 15) is 14.3 Å². The molecular formula is C28H32FNO2. The Kier molecular flexibility index (Phi) is 5.53. The summed E-state index contributed by atoms with van der Waals surface area (Å²) in [5, 5.41) is 9.49. The van der Waals surface area contributed by atoms with Crippen LogP contribution in [0.4, 0.5) is 4.39 Å². The second-order valence-electron chi connectivity index (χ2n) is 10.3. The highest BCUT2D eigenvalue weighted by Crippen LogP contribution is 2.63. The summed E-state index contributed by atoms with van der Waals surface area (Å²) in [6.07, 6.45) is 11.3. The molecule has 1 saturated carbocycles. The van der Waals surface area contributed by atoms with Crippen LogP contribution in [-0.4, -0.2) is 22.0 Å². The number of nitrogens with zero attached hydrogens (tertiary/aromatic N) is 1. The van der Waals surface area contributed by atoms with Gasteiger partial charge in [-0.05, 0) is 103 Å². The van der Waals surface area contributed by atoms with E-state index in [1.54, 1.807) is 19.2 Å². The molecule has 1 fully saturated rings. The van der Waals surface area contributed by atoms with Crippen molar-refractivity contribution in [2.45, 2.75) is 70.8 Å². The summed E-state index contributed by atoms with van der Waals surface area (Å²) < 4.78 is 13.9. The van der Waals surface area contributed by atoms with Crippen LogP contribution in [0.3, 0.4) is 0 Å². The van der Waals surface area contributed by atoms with Gasteiger partial charge in [0.25, 0.3) is 0 Å². The highest BCUT2D eigenvalue weighted by Gasteiger charge is 2.51. The summed E-state index contributed by atoms with van der Waals surface area (Å²) in [5.41, 5.74) is 5.83. The number of benzene rings is 1. The van der Waals surface area contributed by atoms with Crippen molar-refractivity contribution in [2.75, 3.05) is 0 Å². The van der Waals surface area contributed by atoms with Crippen molar-refractivity contribution in [1.29, 1.82) is 0 Å². The third-order valence-electron chi connectivity index (χ3n) is 8.43. The van der Waals surface area contributed by atoms with Crippen molar-refractivity contribution in [2.24, 2.45) is 17.3 Å². The highest BCUT2D eigenvalue weighted by molar-refractivity contribution is 5.96. The van der Waals surface area contributed by atoms with Crippen molar-refractivity contribution in [3.05, 3.63) is 70.8 Å². The number of Topliss-reactive ketones (excluding diaryl/α,β-unsaturated/α-hetero) is 1. The Morgan fingerprint density at radius 2 is 2.12 bits per heavy atom. The second kappa shape index (κ2) is 8.22. The van der Waals surface area contributed by atoms with Gasteiger partial charge in [-0.1, -0.05) is 25.1 Å². The summed E-state index contributed by atoms with van der Waals surface area (Å²) in [5.74, 6) is 1.58. The van der Waals surface area contributed by atoms with Gasteiger partial charge >= 0.3 is 0 Å². The monoisotopic (exact) mass is 433 g/mol. The van der Waals surface area contributed by atoms with Crippen LogP contribution in [0.1, 0.15) is 85.3 Å². The zero-order valence-electron chi connectivity index (χ0n) is 19.0. The van der Waals surface area contributed by atoms with Gasteiger partial charge in [-0.2, -0.15) is 0 Å². The molecule has 32 heavy (non-hydrogen) atoms. The molecule has 0 spiro atoms. The minimum absolute atomic E-state index is 0.0744. The Hall–Kier alpha value is -2.33. The molecule has 2 aromatic rings. The molecule has 0 saturated heterocycles. The number of ketones is 1. The Labute approximate surface area is 189 Å². The first-order chi connectivity index (χ1) is 15.4. The van der Waals surface area contributed by atoms with Crippen LogP contribution >= 0.6 is 0 Å². The first-order valence-corrected chi connectivity index (χ1v) is 12.0. The predicted octanol–water partition coefficient (Wildman–Crippen LogP) is 6.11. The first-order valence-electron chi connectivity index (χ1n) is 12.0. The zero-order chi connectivity index (χ0) is 22.5. The van der Waals surface area contributed by atoms with Crippen molar-refractivity contribution in [1.82, 2.24) is 4.98 Å². The number of aliphatic hydroxyl groups excluding tert-OH is 1. The number of rotatable bonds is 5. The molecule has 1 N–H and O–H groups in total. The number of carbonyl (C=O) groups is 1. The van der Waals surface area contributed by atoms with Crippen LogP contribution < -0.4 is 0 Å². The molecule has 3 nitrogen and oxygen atoms in total. The lowest BCUT2D eigenvalue weighted by atomic mass is 9.54. The van der Waals surface area contributed by atoms with E-state index < -0.39 is 6.10 Å². The largest absolute Gasteiger partial charge is 0.393 e. The molecule has 3 aliphatic carbocycles. The molecule has 0 unspecified atom stereocenters. The van der Waals surface area contributed by atoms with Gasteiger partial charge in [0.1, 0.15) is 5.82 Å². The number of hydrogen-bond acceptors (Lipinski definition) is 3. The molecule has 0 bridgehead atoms. The number of hydrogen-bond donors (Lipinski definition) is 1. The smallest absolute Gasteiger partial charge is 0.162 e. The Morgan fingerprint density at radius 3 is 2.91 bits per heavy atom. The fourth-order valence-electron chi connectivity index (χ4n) is 6.81. The van der Waals surface area contributed by atoms with Gasteiger partial charge in [-0.25, -0.2) is 4.39 Å². The van der Waals surface area contributed by atoms with Crippen LogP contribution in [0.5, 0.6) is 0 Å². The van der Waals surface area contributed by atoms with E-state index in [2.05, 4.69) is 30.1 Å². The lowest BCUT2D eigenvalue weighted by molar-refractivity contribution is 0.0884. The molecule has 0 radical (unpaired) electrons. The average molecular weight is 434 g/mol. The number of fused-ring (bicyclic) bond motifs is 5. The Bertz CT molecular complexity index is 1070. The van der Waals surface area contributed by atoms with E-state index in [0.29, 0.717) is 30.6 Å². The van der Waals surface area contributed by atoms with Crippen molar-refractivity contribution >= 4 is 11.4 Å². The van der Waals surface area contributed by atoms with E-state index in [-0.39, 0.29) is 17.0 Å². The molecule has 0 aliphatic heterocycles. The van der Waals surface area contributed by atoms with E-state index in [4.69, 9.17) is 0 Å².